The number of aromatic nitrogens is 1. The molecule has 92 valence electrons. The Morgan fingerprint density at radius 2 is 2.00 bits per heavy atom. The molecular formula is C16H17NO. The molecule has 3 rings (SSSR count). The zero-order valence-electron chi connectivity index (χ0n) is 10.6. The molecule has 1 heterocycles. The van der Waals surface area contributed by atoms with Crippen molar-refractivity contribution in [2.24, 2.45) is 0 Å². The second kappa shape index (κ2) is 4.54. The van der Waals surface area contributed by atoms with E-state index in [2.05, 4.69) is 30.1 Å². The standard InChI is InChI=1S/C16H17NO/c1-16(18-12-13-6-3-2-4-7-13)10-9-14-8-5-11-17-15(14)16/h2-8,11H,9-10,12H2,1H3/t16-/m1/s1. The largest absolute Gasteiger partial charge is 0.364 e. The maximum absolute atomic E-state index is 6.14. The van der Waals surface area contributed by atoms with Crippen molar-refractivity contribution in [2.75, 3.05) is 0 Å². The second-order valence-corrected chi connectivity index (χ2v) is 5.02. The minimum atomic E-state index is -0.230. The van der Waals surface area contributed by atoms with Gasteiger partial charge in [-0.3, -0.25) is 4.98 Å². The monoisotopic (exact) mass is 239 g/mol. The van der Waals surface area contributed by atoms with E-state index in [1.54, 1.807) is 0 Å². The molecule has 0 N–H and O–H groups in total. The first-order chi connectivity index (χ1) is 8.78. The van der Waals surface area contributed by atoms with E-state index in [1.807, 2.05) is 30.5 Å². The highest BCUT2D eigenvalue weighted by molar-refractivity contribution is 5.30. The average molecular weight is 239 g/mol. The van der Waals surface area contributed by atoms with E-state index in [9.17, 15) is 0 Å². The van der Waals surface area contributed by atoms with Gasteiger partial charge in [-0.25, -0.2) is 0 Å². The van der Waals surface area contributed by atoms with Gasteiger partial charge in [-0.1, -0.05) is 36.4 Å². The summed E-state index contributed by atoms with van der Waals surface area (Å²) >= 11 is 0. The number of aryl methyl sites for hydroxylation is 1. The number of pyridine rings is 1. The number of benzene rings is 1. The van der Waals surface area contributed by atoms with Gasteiger partial charge in [0.1, 0.15) is 5.60 Å². The quantitative estimate of drug-likeness (QED) is 0.818. The molecule has 2 nitrogen and oxygen atoms in total. The molecule has 1 aliphatic rings. The molecule has 0 saturated carbocycles. The Balaban J connectivity index is 1.77. The Morgan fingerprint density at radius 1 is 1.17 bits per heavy atom. The van der Waals surface area contributed by atoms with Gasteiger partial charge in [-0.05, 0) is 37.0 Å². The molecule has 0 amide bonds. The Labute approximate surface area is 108 Å². The van der Waals surface area contributed by atoms with Gasteiger partial charge in [0.05, 0.1) is 12.3 Å². The molecular weight excluding hydrogens is 222 g/mol. The summed E-state index contributed by atoms with van der Waals surface area (Å²) in [5.41, 5.74) is 3.42. The van der Waals surface area contributed by atoms with Crippen molar-refractivity contribution in [2.45, 2.75) is 32.0 Å². The van der Waals surface area contributed by atoms with Crippen molar-refractivity contribution in [3.05, 3.63) is 65.5 Å². The molecule has 0 bridgehead atoms. The fourth-order valence-corrected chi connectivity index (χ4v) is 2.57. The summed E-state index contributed by atoms with van der Waals surface area (Å²) in [6.45, 7) is 2.79. The minimum absolute atomic E-state index is 0.230. The molecule has 0 unspecified atom stereocenters. The van der Waals surface area contributed by atoms with Crippen LogP contribution in [-0.2, 0) is 23.4 Å². The zero-order valence-corrected chi connectivity index (χ0v) is 10.6. The number of ether oxygens (including phenoxy) is 1. The molecule has 1 atom stereocenters. The maximum Gasteiger partial charge on any atom is 0.108 e. The van der Waals surface area contributed by atoms with Gasteiger partial charge in [0, 0.05) is 6.20 Å². The van der Waals surface area contributed by atoms with E-state index in [4.69, 9.17) is 4.74 Å². The molecule has 0 spiro atoms. The highest BCUT2D eigenvalue weighted by Gasteiger charge is 2.36. The topological polar surface area (TPSA) is 22.1 Å². The van der Waals surface area contributed by atoms with E-state index < -0.39 is 0 Å². The van der Waals surface area contributed by atoms with Crippen molar-refractivity contribution in [3.63, 3.8) is 0 Å². The summed E-state index contributed by atoms with van der Waals surface area (Å²) in [5, 5.41) is 0. The van der Waals surface area contributed by atoms with Crippen LogP contribution >= 0.6 is 0 Å². The third kappa shape index (κ3) is 2.04. The van der Waals surface area contributed by atoms with Crippen LogP contribution in [0.25, 0.3) is 0 Å². The number of hydrogen-bond acceptors (Lipinski definition) is 2. The van der Waals surface area contributed by atoms with Crippen molar-refractivity contribution in [1.82, 2.24) is 4.98 Å². The van der Waals surface area contributed by atoms with Crippen molar-refractivity contribution in [1.29, 1.82) is 0 Å². The first kappa shape index (κ1) is 11.4. The Hall–Kier alpha value is -1.67. The second-order valence-electron chi connectivity index (χ2n) is 5.02. The van der Waals surface area contributed by atoms with Gasteiger partial charge in [0.25, 0.3) is 0 Å². The van der Waals surface area contributed by atoms with E-state index in [0.29, 0.717) is 6.61 Å². The van der Waals surface area contributed by atoms with Crippen LogP contribution in [0, 0.1) is 0 Å². The molecule has 0 radical (unpaired) electrons. The van der Waals surface area contributed by atoms with Crippen LogP contribution in [0.5, 0.6) is 0 Å². The summed E-state index contributed by atoms with van der Waals surface area (Å²) in [5.74, 6) is 0. The SMILES string of the molecule is C[C@@]1(OCc2ccccc2)CCc2cccnc21. The van der Waals surface area contributed by atoms with Gasteiger partial charge in [0.2, 0.25) is 0 Å². The summed E-state index contributed by atoms with van der Waals surface area (Å²) in [6, 6.07) is 14.5. The number of fused-ring (bicyclic) bond motifs is 1. The van der Waals surface area contributed by atoms with E-state index in [0.717, 1.165) is 18.5 Å². The summed E-state index contributed by atoms with van der Waals surface area (Å²) in [6.07, 6.45) is 3.94. The molecule has 2 heteroatoms. The lowest BCUT2D eigenvalue weighted by Gasteiger charge is -2.25. The zero-order chi connectivity index (χ0) is 12.4. The molecule has 2 aromatic rings. The molecule has 1 aliphatic carbocycles. The summed E-state index contributed by atoms with van der Waals surface area (Å²) < 4.78 is 6.14. The highest BCUT2D eigenvalue weighted by atomic mass is 16.5. The maximum atomic E-state index is 6.14. The molecule has 18 heavy (non-hydrogen) atoms. The lowest BCUT2D eigenvalue weighted by molar-refractivity contribution is -0.0493. The highest BCUT2D eigenvalue weighted by Crippen LogP contribution is 2.38. The van der Waals surface area contributed by atoms with Crippen LogP contribution < -0.4 is 0 Å². The predicted molar refractivity (Wildman–Crippen MR) is 71.1 cm³/mol. The third-order valence-corrected chi connectivity index (χ3v) is 3.66. The lowest BCUT2D eigenvalue weighted by atomic mass is 10.0. The minimum Gasteiger partial charge on any atom is -0.364 e. The van der Waals surface area contributed by atoms with Crippen LogP contribution in [0.15, 0.2) is 48.7 Å². The smallest absolute Gasteiger partial charge is 0.108 e. The van der Waals surface area contributed by atoms with Crippen molar-refractivity contribution >= 4 is 0 Å². The first-order valence-corrected chi connectivity index (χ1v) is 6.40. The van der Waals surface area contributed by atoms with E-state index >= 15 is 0 Å². The van der Waals surface area contributed by atoms with Gasteiger partial charge in [-0.2, -0.15) is 0 Å². The first-order valence-electron chi connectivity index (χ1n) is 6.40. The van der Waals surface area contributed by atoms with Crippen LogP contribution in [0.3, 0.4) is 0 Å². The van der Waals surface area contributed by atoms with Crippen LogP contribution in [0.1, 0.15) is 30.2 Å². The molecule has 1 aromatic heterocycles. The third-order valence-electron chi connectivity index (χ3n) is 3.66. The predicted octanol–water partition coefficient (Wildman–Crippen LogP) is 3.46. The Morgan fingerprint density at radius 3 is 2.83 bits per heavy atom. The van der Waals surface area contributed by atoms with Gasteiger partial charge in [-0.15, -0.1) is 0 Å². The van der Waals surface area contributed by atoms with Crippen molar-refractivity contribution in [3.8, 4) is 0 Å². The van der Waals surface area contributed by atoms with Crippen LogP contribution in [-0.4, -0.2) is 4.98 Å². The molecule has 0 saturated heterocycles. The number of hydrogen-bond donors (Lipinski definition) is 0. The fourth-order valence-electron chi connectivity index (χ4n) is 2.57. The normalized spacial score (nSPS) is 21.8. The van der Waals surface area contributed by atoms with E-state index in [1.165, 1.54) is 11.1 Å². The number of rotatable bonds is 3. The molecule has 0 fully saturated rings. The summed E-state index contributed by atoms with van der Waals surface area (Å²) in [7, 11) is 0. The molecule has 0 aliphatic heterocycles. The Kier molecular flexibility index (Phi) is 2.88. The fraction of sp³-hybridized carbons (Fsp3) is 0.312. The van der Waals surface area contributed by atoms with Crippen LogP contribution in [0.2, 0.25) is 0 Å². The van der Waals surface area contributed by atoms with Gasteiger partial charge < -0.3 is 4.74 Å². The summed E-state index contributed by atoms with van der Waals surface area (Å²) in [4.78, 5) is 4.50. The Bertz CT molecular complexity index is 538. The number of nitrogens with zero attached hydrogens (tertiary/aromatic N) is 1. The molecule has 1 aromatic carbocycles. The van der Waals surface area contributed by atoms with E-state index in [-0.39, 0.29) is 5.60 Å². The van der Waals surface area contributed by atoms with Crippen LogP contribution in [0.4, 0.5) is 0 Å². The average Bonchev–Trinajstić information content (AvgIpc) is 2.77. The lowest BCUT2D eigenvalue weighted by Crippen LogP contribution is -2.23. The van der Waals surface area contributed by atoms with Gasteiger partial charge >= 0.3 is 0 Å². The van der Waals surface area contributed by atoms with Gasteiger partial charge in [0.15, 0.2) is 0 Å². The van der Waals surface area contributed by atoms with Crippen molar-refractivity contribution < 1.29 is 4.74 Å².